The lowest BCUT2D eigenvalue weighted by Crippen LogP contribution is -1.94. The van der Waals surface area contributed by atoms with E-state index < -0.39 is 0 Å². The van der Waals surface area contributed by atoms with Crippen molar-refractivity contribution in [3.8, 4) is 5.69 Å². The van der Waals surface area contributed by atoms with E-state index in [9.17, 15) is 4.39 Å². The zero-order valence-electron chi connectivity index (χ0n) is 11.3. The molecule has 0 amide bonds. The molecule has 0 aliphatic carbocycles. The average Bonchev–Trinajstić information content (AvgIpc) is 2.81. The summed E-state index contributed by atoms with van der Waals surface area (Å²) in [4.78, 5) is 0. The molecule has 0 bridgehead atoms. The quantitative estimate of drug-likeness (QED) is 0.510. The summed E-state index contributed by atoms with van der Waals surface area (Å²) in [5.74, 6) is -0.242. The highest BCUT2D eigenvalue weighted by Gasteiger charge is 2.12. The summed E-state index contributed by atoms with van der Waals surface area (Å²) in [6.07, 6.45) is 0. The van der Waals surface area contributed by atoms with Crippen LogP contribution in [0.15, 0.2) is 66.7 Å². The molecule has 1 heterocycles. The van der Waals surface area contributed by atoms with Crippen LogP contribution in [0.1, 0.15) is 0 Å². The molecule has 3 aromatic carbocycles. The van der Waals surface area contributed by atoms with Gasteiger partial charge >= 0.3 is 0 Å². The van der Waals surface area contributed by atoms with Gasteiger partial charge in [0.15, 0.2) is 0 Å². The van der Waals surface area contributed by atoms with Crippen LogP contribution in [-0.2, 0) is 0 Å². The van der Waals surface area contributed by atoms with E-state index in [1.807, 2.05) is 42.5 Å². The number of hydrogen-bond acceptors (Lipinski definition) is 1. The van der Waals surface area contributed by atoms with Crippen molar-refractivity contribution in [3.63, 3.8) is 0 Å². The molecule has 4 rings (SSSR count). The van der Waals surface area contributed by atoms with Crippen LogP contribution in [0.3, 0.4) is 0 Å². The summed E-state index contributed by atoms with van der Waals surface area (Å²) in [7, 11) is 0. The third-order valence-electron chi connectivity index (χ3n) is 3.76. The number of nitrogen functional groups attached to an aromatic ring is 1. The average molecular weight is 276 g/mol. The normalized spacial score (nSPS) is 11.3. The van der Waals surface area contributed by atoms with Crippen molar-refractivity contribution in [2.24, 2.45) is 0 Å². The first-order valence-electron chi connectivity index (χ1n) is 6.79. The van der Waals surface area contributed by atoms with Crippen molar-refractivity contribution < 1.29 is 4.39 Å². The molecule has 21 heavy (non-hydrogen) atoms. The highest BCUT2D eigenvalue weighted by atomic mass is 19.1. The van der Waals surface area contributed by atoms with E-state index in [4.69, 9.17) is 5.73 Å². The molecule has 0 atom stereocenters. The second-order valence-corrected chi connectivity index (χ2v) is 5.11. The second-order valence-electron chi connectivity index (χ2n) is 5.11. The number of para-hydroxylation sites is 1. The van der Waals surface area contributed by atoms with Crippen LogP contribution in [0.25, 0.3) is 27.5 Å². The van der Waals surface area contributed by atoms with Gasteiger partial charge < -0.3 is 10.3 Å². The summed E-state index contributed by atoms with van der Waals surface area (Å²) in [6.45, 7) is 0. The molecule has 3 heteroatoms. The lowest BCUT2D eigenvalue weighted by atomic mass is 10.1. The minimum Gasteiger partial charge on any atom is -0.399 e. The smallest absolute Gasteiger partial charge is 0.125 e. The van der Waals surface area contributed by atoms with Gasteiger partial charge in [-0.05, 0) is 42.5 Å². The minimum absolute atomic E-state index is 0.242. The standard InChI is InChI=1S/C18H13FN2/c19-12-4-3-5-14(10-12)21-17-7-2-1-6-15(17)16-11-13(20)8-9-18(16)21/h1-11H,20H2. The number of rotatable bonds is 1. The molecule has 102 valence electrons. The Morgan fingerprint density at radius 3 is 2.43 bits per heavy atom. The molecule has 0 aliphatic rings. The van der Waals surface area contributed by atoms with Gasteiger partial charge in [0.05, 0.1) is 11.0 Å². The van der Waals surface area contributed by atoms with Crippen LogP contribution in [0.4, 0.5) is 10.1 Å². The number of anilines is 1. The lowest BCUT2D eigenvalue weighted by Gasteiger charge is -2.07. The predicted octanol–water partition coefficient (Wildman–Crippen LogP) is 4.51. The minimum atomic E-state index is -0.242. The number of halogens is 1. The SMILES string of the molecule is Nc1ccc2c(c1)c1ccccc1n2-c1cccc(F)c1. The topological polar surface area (TPSA) is 30.9 Å². The molecule has 4 aromatic rings. The molecule has 2 nitrogen and oxygen atoms in total. The molecule has 0 saturated carbocycles. The molecule has 0 spiro atoms. The molecule has 0 fully saturated rings. The third kappa shape index (κ3) is 1.78. The summed E-state index contributed by atoms with van der Waals surface area (Å²) < 4.78 is 15.7. The Kier molecular flexibility index (Phi) is 2.48. The Bertz CT molecular complexity index is 969. The van der Waals surface area contributed by atoms with Crippen LogP contribution in [0.5, 0.6) is 0 Å². The zero-order valence-corrected chi connectivity index (χ0v) is 11.3. The number of aromatic nitrogens is 1. The fourth-order valence-corrected chi connectivity index (χ4v) is 2.88. The number of benzene rings is 3. The molecule has 0 radical (unpaired) electrons. The Balaban J connectivity index is 2.20. The van der Waals surface area contributed by atoms with Gasteiger partial charge in [0.25, 0.3) is 0 Å². The highest BCUT2D eigenvalue weighted by Crippen LogP contribution is 2.32. The fraction of sp³-hybridized carbons (Fsp3) is 0. The van der Waals surface area contributed by atoms with Crippen LogP contribution in [-0.4, -0.2) is 4.57 Å². The second kappa shape index (κ2) is 4.35. The summed E-state index contributed by atoms with van der Waals surface area (Å²) in [6, 6.07) is 20.5. The van der Waals surface area contributed by atoms with E-state index in [1.165, 1.54) is 6.07 Å². The Morgan fingerprint density at radius 2 is 1.57 bits per heavy atom. The van der Waals surface area contributed by atoms with Crippen molar-refractivity contribution in [1.82, 2.24) is 4.57 Å². The first-order valence-corrected chi connectivity index (χ1v) is 6.79. The largest absolute Gasteiger partial charge is 0.399 e. The maximum Gasteiger partial charge on any atom is 0.125 e. The van der Waals surface area contributed by atoms with E-state index in [-0.39, 0.29) is 5.82 Å². The molecular weight excluding hydrogens is 263 g/mol. The molecule has 2 N–H and O–H groups in total. The van der Waals surface area contributed by atoms with Gasteiger partial charge in [0.1, 0.15) is 5.82 Å². The van der Waals surface area contributed by atoms with E-state index >= 15 is 0 Å². The molecular formula is C18H13FN2. The maximum atomic E-state index is 13.6. The molecule has 0 aliphatic heterocycles. The van der Waals surface area contributed by atoms with Crippen molar-refractivity contribution in [3.05, 3.63) is 72.5 Å². The van der Waals surface area contributed by atoms with Gasteiger partial charge in [-0.3, -0.25) is 0 Å². The van der Waals surface area contributed by atoms with Crippen LogP contribution in [0.2, 0.25) is 0 Å². The fourth-order valence-electron chi connectivity index (χ4n) is 2.88. The summed E-state index contributed by atoms with van der Waals surface area (Å²) >= 11 is 0. The van der Waals surface area contributed by atoms with Crippen molar-refractivity contribution >= 4 is 27.5 Å². The number of hydrogen-bond donors (Lipinski definition) is 1. The third-order valence-corrected chi connectivity index (χ3v) is 3.76. The Labute approximate surface area is 121 Å². The first-order chi connectivity index (χ1) is 10.2. The first kappa shape index (κ1) is 12.0. The van der Waals surface area contributed by atoms with Gasteiger partial charge in [-0.25, -0.2) is 4.39 Å². The van der Waals surface area contributed by atoms with Gasteiger partial charge in [-0.15, -0.1) is 0 Å². The van der Waals surface area contributed by atoms with Gasteiger partial charge in [-0.1, -0.05) is 24.3 Å². The molecule has 0 unspecified atom stereocenters. The zero-order chi connectivity index (χ0) is 14.4. The van der Waals surface area contributed by atoms with E-state index in [2.05, 4.69) is 10.6 Å². The number of nitrogens with zero attached hydrogens (tertiary/aromatic N) is 1. The van der Waals surface area contributed by atoms with Crippen molar-refractivity contribution in [2.45, 2.75) is 0 Å². The summed E-state index contributed by atoms with van der Waals surface area (Å²) in [5, 5.41) is 2.19. The predicted molar refractivity (Wildman–Crippen MR) is 85.2 cm³/mol. The van der Waals surface area contributed by atoms with Crippen LogP contribution >= 0.6 is 0 Å². The maximum absolute atomic E-state index is 13.6. The van der Waals surface area contributed by atoms with Crippen molar-refractivity contribution in [2.75, 3.05) is 5.73 Å². The molecule has 0 saturated heterocycles. The highest BCUT2D eigenvalue weighted by molar-refractivity contribution is 6.10. The van der Waals surface area contributed by atoms with Gasteiger partial charge in [0, 0.05) is 22.1 Å². The monoisotopic (exact) mass is 276 g/mol. The number of nitrogens with two attached hydrogens (primary N) is 1. The lowest BCUT2D eigenvalue weighted by molar-refractivity contribution is 0.627. The van der Waals surface area contributed by atoms with Crippen LogP contribution < -0.4 is 5.73 Å². The van der Waals surface area contributed by atoms with E-state index in [0.29, 0.717) is 0 Å². The van der Waals surface area contributed by atoms with E-state index in [1.54, 1.807) is 12.1 Å². The Morgan fingerprint density at radius 1 is 0.762 bits per heavy atom. The van der Waals surface area contributed by atoms with Crippen molar-refractivity contribution in [1.29, 1.82) is 0 Å². The number of fused-ring (bicyclic) bond motifs is 3. The van der Waals surface area contributed by atoms with E-state index in [0.717, 1.165) is 33.2 Å². The van der Waals surface area contributed by atoms with Gasteiger partial charge in [0.2, 0.25) is 0 Å². The Hall–Kier alpha value is -2.81. The van der Waals surface area contributed by atoms with Gasteiger partial charge in [-0.2, -0.15) is 0 Å². The molecule has 1 aromatic heterocycles. The van der Waals surface area contributed by atoms with Crippen LogP contribution in [0, 0.1) is 5.82 Å². The summed E-state index contributed by atoms with van der Waals surface area (Å²) in [5.41, 5.74) is 9.52.